The molecule has 0 N–H and O–H groups in total. The van der Waals surface area contributed by atoms with Gasteiger partial charge in [-0.2, -0.15) is 0 Å². The monoisotopic (exact) mass is 321 g/mol. The molecule has 1 aromatic rings. The molecule has 1 amide bonds. The SMILES string of the molecule is COC(=O)CC(C)(C)N(CC(C)=O)C(=O)OCc1ccccc1. The molecule has 0 fully saturated rings. The number of hydrogen-bond donors (Lipinski definition) is 0. The highest BCUT2D eigenvalue weighted by molar-refractivity contribution is 5.83. The number of ether oxygens (including phenoxy) is 2. The first-order valence-corrected chi connectivity index (χ1v) is 7.31. The molecule has 0 aliphatic heterocycles. The second-order valence-electron chi connectivity index (χ2n) is 5.89. The first-order valence-electron chi connectivity index (χ1n) is 7.31. The number of carbonyl (C=O) groups excluding carboxylic acids is 3. The molecule has 0 saturated heterocycles. The van der Waals surface area contributed by atoms with Crippen LogP contribution in [0.25, 0.3) is 0 Å². The van der Waals surface area contributed by atoms with Crippen molar-refractivity contribution in [1.29, 1.82) is 0 Å². The van der Waals surface area contributed by atoms with Gasteiger partial charge in [-0.3, -0.25) is 14.5 Å². The number of nitrogens with zero attached hydrogens (tertiary/aromatic N) is 1. The Morgan fingerprint density at radius 1 is 1.13 bits per heavy atom. The smallest absolute Gasteiger partial charge is 0.410 e. The second-order valence-corrected chi connectivity index (χ2v) is 5.89. The van der Waals surface area contributed by atoms with Gasteiger partial charge in [0.05, 0.1) is 25.6 Å². The summed E-state index contributed by atoms with van der Waals surface area (Å²) >= 11 is 0. The molecule has 126 valence electrons. The Balaban J connectivity index is 2.81. The van der Waals surface area contributed by atoms with Gasteiger partial charge in [-0.05, 0) is 26.3 Å². The maximum absolute atomic E-state index is 12.4. The zero-order valence-electron chi connectivity index (χ0n) is 14.0. The van der Waals surface area contributed by atoms with Gasteiger partial charge in [0.2, 0.25) is 0 Å². The van der Waals surface area contributed by atoms with Gasteiger partial charge in [0.1, 0.15) is 12.4 Å². The van der Waals surface area contributed by atoms with Gasteiger partial charge in [0, 0.05) is 0 Å². The van der Waals surface area contributed by atoms with Crippen molar-refractivity contribution < 1.29 is 23.9 Å². The third-order valence-electron chi connectivity index (χ3n) is 3.34. The molecule has 23 heavy (non-hydrogen) atoms. The van der Waals surface area contributed by atoms with Crippen LogP contribution in [0.2, 0.25) is 0 Å². The standard InChI is InChI=1S/C17H23NO5/c1-13(19)11-18(17(2,3)10-15(20)22-4)16(21)23-12-14-8-6-5-7-9-14/h5-9H,10-12H2,1-4H3. The van der Waals surface area contributed by atoms with E-state index in [0.717, 1.165) is 5.56 Å². The second kappa shape index (κ2) is 8.31. The number of Topliss-reactive ketones (excluding diaryl/α,β-unsaturated/α-hetero) is 1. The molecule has 1 aromatic carbocycles. The lowest BCUT2D eigenvalue weighted by Crippen LogP contribution is -2.51. The van der Waals surface area contributed by atoms with Gasteiger partial charge >= 0.3 is 12.1 Å². The minimum atomic E-state index is -0.896. The minimum absolute atomic E-state index is 0.0305. The zero-order valence-corrected chi connectivity index (χ0v) is 14.0. The molecule has 6 nitrogen and oxygen atoms in total. The molecule has 0 aliphatic rings. The number of carbonyl (C=O) groups is 3. The predicted octanol–water partition coefficient (Wildman–Crippen LogP) is 2.56. The van der Waals surface area contributed by atoms with Crippen molar-refractivity contribution in [3.63, 3.8) is 0 Å². The van der Waals surface area contributed by atoms with E-state index >= 15 is 0 Å². The highest BCUT2D eigenvalue weighted by Crippen LogP contribution is 2.21. The van der Waals surface area contributed by atoms with Crippen LogP contribution in [-0.2, 0) is 25.7 Å². The van der Waals surface area contributed by atoms with Crippen LogP contribution in [-0.4, -0.2) is 41.9 Å². The average Bonchev–Trinajstić information content (AvgIpc) is 2.50. The Hall–Kier alpha value is -2.37. The molecule has 0 heterocycles. The zero-order chi connectivity index (χ0) is 17.5. The summed E-state index contributed by atoms with van der Waals surface area (Å²) in [5.41, 5.74) is -0.0543. The van der Waals surface area contributed by atoms with E-state index in [1.54, 1.807) is 13.8 Å². The number of methoxy groups -OCH3 is 1. The van der Waals surface area contributed by atoms with E-state index in [2.05, 4.69) is 4.74 Å². The van der Waals surface area contributed by atoms with E-state index < -0.39 is 17.6 Å². The maximum atomic E-state index is 12.4. The highest BCUT2D eigenvalue weighted by atomic mass is 16.6. The predicted molar refractivity (Wildman–Crippen MR) is 84.7 cm³/mol. The lowest BCUT2D eigenvalue weighted by atomic mass is 9.98. The first-order chi connectivity index (χ1) is 10.8. The van der Waals surface area contributed by atoms with E-state index in [1.807, 2.05) is 30.3 Å². The molecular weight excluding hydrogens is 298 g/mol. The van der Waals surface area contributed by atoms with Gasteiger partial charge in [-0.15, -0.1) is 0 Å². The van der Waals surface area contributed by atoms with Gasteiger partial charge in [-0.1, -0.05) is 30.3 Å². The molecule has 6 heteroatoms. The van der Waals surface area contributed by atoms with E-state index in [0.29, 0.717) is 0 Å². The van der Waals surface area contributed by atoms with Crippen LogP contribution < -0.4 is 0 Å². The minimum Gasteiger partial charge on any atom is -0.469 e. The highest BCUT2D eigenvalue weighted by Gasteiger charge is 2.35. The van der Waals surface area contributed by atoms with Crippen LogP contribution in [0.1, 0.15) is 32.8 Å². The summed E-state index contributed by atoms with van der Waals surface area (Å²) in [7, 11) is 1.28. The summed E-state index contributed by atoms with van der Waals surface area (Å²) in [5.74, 6) is -0.654. The number of ketones is 1. The number of hydrogen-bond acceptors (Lipinski definition) is 5. The number of esters is 1. The van der Waals surface area contributed by atoms with Gasteiger partial charge in [0.25, 0.3) is 0 Å². The van der Waals surface area contributed by atoms with Crippen LogP contribution in [0, 0.1) is 0 Å². The molecule has 0 aromatic heterocycles. The van der Waals surface area contributed by atoms with Gasteiger partial charge < -0.3 is 9.47 Å². The molecule has 0 bridgehead atoms. The van der Waals surface area contributed by atoms with Crippen molar-refractivity contribution in [2.75, 3.05) is 13.7 Å². The molecular formula is C17H23NO5. The number of amides is 1. The van der Waals surface area contributed by atoms with Gasteiger partial charge in [0.15, 0.2) is 0 Å². The molecule has 0 atom stereocenters. The number of rotatable bonds is 7. The average molecular weight is 321 g/mol. The van der Waals surface area contributed by atoms with Crippen LogP contribution >= 0.6 is 0 Å². The molecule has 0 aliphatic carbocycles. The topological polar surface area (TPSA) is 72.9 Å². The van der Waals surface area contributed by atoms with E-state index in [-0.39, 0.29) is 25.4 Å². The van der Waals surface area contributed by atoms with Crippen molar-refractivity contribution in [2.45, 2.75) is 39.3 Å². The Labute approximate surface area is 136 Å². The molecule has 0 unspecified atom stereocenters. The van der Waals surface area contributed by atoms with Crippen LogP contribution in [0.3, 0.4) is 0 Å². The summed E-state index contributed by atoms with van der Waals surface area (Å²) < 4.78 is 9.92. The Morgan fingerprint density at radius 2 is 1.74 bits per heavy atom. The fraction of sp³-hybridized carbons (Fsp3) is 0.471. The summed E-state index contributed by atoms with van der Waals surface area (Å²) in [5, 5.41) is 0. The van der Waals surface area contributed by atoms with Crippen molar-refractivity contribution in [1.82, 2.24) is 4.90 Å². The van der Waals surface area contributed by atoms with Crippen LogP contribution in [0.5, 0.6) is 0 Å². The molecule has 1 rings (SSSR count). The fourth-order valence-electron chi connectivity index (χ4n) is 2.07. The van der Waals surface area contributed by atoms with E-state index in [1.165, 1.54) is 18.9 Å². The summed E-state index contributed by atoms with van der Waals surface area (Å²) in [4.78, 5) is 36.6. The Morgan fingerprint density at radius 3 is 2.26 bits per heavy atom. The summed E-state index contributed by atoms with van der Waals surface area (Å²) in [6, 6.07) is 9.23. The Bertz CT molecular complexity index is 553. The first kappa shape index (κ1) is 18.7. The van der Waals surface area contributed by atoms with E-state index in [4.69, 9.17) is 4.74 Å². The quantitative estimate of drug-likeness (QED) is 0.722. The lowest BCUT2D eigenvalue weighted by molar-refractivity contribution is -0.143. The largest absolute Gasteiger partial charge is 0.469 e. The molecule has 0 saturated carbocycles. The Kier molecular flexibility index (Phi) is 6.75. The van der Waals surface area contributed by atoms with Crippen LogP contribution in [0.15, 0.2) is 30.3 Å². The number of benzene rings is 1. The fourth-order valence-corrected chi connectivity index (χ4v) is 2.07. The van der Waals surface area contributed by atoms with Crippen molar-refractivity contribution in [2.24, 2.45) is 0 Å². The summed E-state index contributed by atoms with van der Waals surface area (Å²) in [6.07, 6.45) is -0.671. The van der Waals surface area contributed by atoms with E-state index in [9.17, 15) is 14.4 Å². The van der Waals surface area contributed by atoms with Crippen molar-refractivity contribution in [3.8, 4) is 0 Å². The van der Waals surface area contributed by atoms with Crippen LogP contribution in [0.4, 0.5) is 4.79 Å². The molecule has 0 radical (unpaired) electrons. The van der Waals surface area contributed by atoms with Crippen molar-refractivity contribution in [3.05, 3.63) is 35.9 Å². The summed E-state index contributed by atoms with van der Waals surface area (Å²) in [6.45, 7) is 4.74. The maximum Gasteiger partial charge on any atom is 0.410 e. The third kappa shape index (κ3) is 6.10. The normalized spacial score (nSPS) is 10.8. The molecule has 0 spiro atoms. The van der Waals surface area contributed by atoms with Crippen molar-refractivity contribution >= 4 is 17.8 Å². The van der Waals surface area contributed by atoms with Gasteiger partial charge in [-0.25, -0.2) is 4.79 Å². The third-order valence-corrected chi connectivity index (χ3v) is 3.34. The lowest BCUT2D eigenvalue weighted by Gasteiger charge is -2.36.